The first-order valence-corrected chi connectivity index (χ1v) is 5.75. The van der Waals surface area contributed by atoms with Gasteiger partial charge in [-0.1, -0.05) is 41.5 Å². The van der Waals surface area contributed by atoms with Gasteiger partial charge in [-0.25, -0.2) is 0 Å². The smallest absolute Gasteiger partial charge is 0.135 e. The van der Waals surface area contributed by atoms with Gasteiger partial charge < -0.3 is 0 Å². The van der Waals surface area contributed by atoms with Crippen LogP contribution in [0.15, 0.2) is 16.6 Å². The van der Waals surface area contributed by atoms with Crippen LogP contribution < -0.4 is 0 Å². The van der Waals surface area contributed by atoms with E-state index in [1.165, 1.54) is 5.57 Å². The van der Waals surface area contributed by atoms with Crippen molar-refractivity contribution < 1.29 is 4.79 Å². The molecular weight excluding hydrogens is 198 g/mol. The maximum atomic E-state index is 10.5. The molecule has 0 aliphatic carbocycles. The molecule has 0 saturated carbocycles. The van der Waals surface area contributed by atoms with E-state index in [4.69, 9.17) is 0 Å². The molecule has 1 aliphatic rings. The lowest BCUT2D eigenvalue weighted by Gasteiger charge is -2.18. The topological polar surface area (TPSA) is 29.4 Å². The van der Waals surface area contributed by atoms with Crippen molar-refractivity contribution in [2.45, 2.75) is 48.5 Å². The minimum atomic E-state index is -0.139. The summed E-state index contributed by atoms with van der Waals surface area (Å²) in [6.45, 7) is 14.9. The Hall–Kier alpha value is -0.920. The predicted octanol–water partition coefficient (Wildman–Crippen LogP) is 3.66. The van der Waals surface area contributed by atoms with Crippen molar-refractivity contribution in [3.05, 3.63) is 11.6 Å². The first-order chi connectivity index (χ1) is 7.05. The fraction of sp³-hybridized carbons (Fsp3) is 0.714. The molecule has 2 nitrogen and oxygen atoms in total. The van der Waals surface area contributed by atoms with Crippen LogP contribution in [0, 0.1) is 10.8 Å². The summed E-state index contributed by atoms with van der Waals surface area (Å²) in [5.74, 6) is 0.243. The molecule has 1 aliphatic heterocycles. The Bertz CT molecular complexity index is 298. The quantitative estimate of drug-likeness (QED) is 0.616. The van der Waals surface area contributed by atoms with Crippen molar-refractivity contribution in [1.29, 1.82) is 0 Å². The minimum Gasteiger partial charge on any atom is -0.299 e. The standard InChI is InChI=1S/C8H13N.C6H12O/c1-8(2,3)7-4-5-9-6-7;1-5(7)6(2,3)4/h4-5H,6H2,1-3H3;1-4H3. The lowest BCUT2D eigenvalue weighted by molar-refractivity contribution is -0.124. The summed E-state index contributed by atoms with van der Waals surface area (Å²) in [5, 5.41) is 0. The number of ketones is 1. The van der Waals surface area contributed by atoms with Gasteiger partial charge >= 0.3 is 0 Å². The second-order valence-corrected chi connectivity index (χ2v) is 6.24. The third kappa shape index (κ3) is 5.84. The van der Waals surface area contributed by atoms with Crippen LogP contribution in [0.2, 0.25) is 0 Å². The van der Waals surface area contributed by atoms with Gasteiger partial charge in [-0.15, -0.1) is 0 Å². The monoisotopic (exact) mass is 223 g/mol. The van der Waals surface area contributed by atoms with Gasteiger partial charge in [0.25, 0.3) is 0 Å². The molecule has 0 N–H and O–H groups in total. The van der Waals surface area contributed by atoms with Gasteiger partial charge in [-0.3, -0.25) is 9.79 Å². The van der Waals surface area contributed by atoms with Crippen LogP contribution in [0.4, 0.5) is 0 Å². The highest BCUT2D eigenvalue weighted by molar-refractivity contribution is 5.80. The summed E-state index contributed by atoms with van der Waals surface area (Å²) in [4.78, 5) is 14.6. The highest BCUT2D eigenvalue weighted by Gasteiger charge is 2.17. The Balaban J connectivity index is 0.000000293. The molecule has 0 spiro atoms. The fourth-order valence-electron chi connectivity index (χ4n) is 0.834. The number of allylic oxidation sites excluding steroid dienone is 1. The molecule has 16 heavy (non-hydrogen) atoms. The molecule has 0 unspecified atom stereocenters. The zero-order chi connectivity index (χ0) is 13.0. The molecule has 0 bridgehead atoms. The number of aliphatic imine (C=N–C) groups is 1. The Morgan fingerprint density at radius 3 is 1.75 bits per heavy atom. The number of hydrogen-bond acceptors (Lipinski definition) is 2. The van der Waals surface area contributed by atoms with Crippen molar-refractivity contribution in [3.8, 4) is 0 Å². The molecule has 0 amide bonds. The molecule has 0 aromatic carbocycles. The number of hydrogen-bond donors (Lipinski definition) is 0. The van der Waals surface area contributed by atoms with Crippen molar-refractivity contribution in [1.82, 2.24) is 0 Å². The Kier molecular flexibility index (Phi) is 5.11. The highest BCUT2D eigenvalue weighted by Crippen LogP contribution is 2.26. The molecule has 0 fully saturated rings. The van der Waals surface area contributed by atoms with Crippen molar-refractivity contribution in [2.24, 2.45) is 15.8 Å². The van der Waals surface area contributed by atoms with Crippen LogP contribution in [0.5, 0.6) is 0 Å². The van der Waals surface area contributed by atoms with E-state index in [1.807, 2.05) is 27.0 Å². The van der Waals surface area contributed by atoms with Crippen LogP contribution in [-0.2, 0) is 4.79 Å². The van der Waals surface area contributed by atoms with E-state index >= 15 is 0 Å². The van der Waals surface area contributed by atoms with Gasteiger partial charge in [0.1, 0.15) is 5.78 Å². The summed E-state index contributed by atoms with van der Waals surface area (Å²) in [6, 6.07) is 0. The van der Waals surface area contributed by atoms with Gasteiger partial charge in [-0.05, 0) is 24.0 Å². The maximum absolute atomic E-state index is 10.5. The molecule has 1 rings (SSSR count). The molecule has 0 aromatic rings. The van der Waals surface area contributed by atoms with E-state index in [0.717, 1.165) is 6.54 Å². The second kappa shape index (κ2) is 5.42. The molecule has 0 saturated heterocycles. The molecule has 92 valence electrons. The second-order valence-electron chi connectivity index (χ2n) is 6.24. The number of carbonyl (C=O) groups is 1. The van der Waals surface area contributed by atoms with Crippen LogP contribution in [0.3, 0.4) is 0 Å². The molecule has 0 atom stereocenters. The van der Waals surface area contributed by atoms with Crippen molar-refractivity contribution in [3.63, 3.8) is 0 Å². The summed E-state index contributed by atoms with van der Waals surface area (Å²) < 4.78 is 0. The van der Waals surface area contributed by atoms with Crippen LogP contribution in [0.25, 0.3) is 0 Å². The number of Topliss-reactive ketones (excluding diaryl/α,β-unsaturated/α-hetero) is 1. The van der Waals surface area contributed by atoms with Gasteiger partial charge in [-0.2, -0.15) is 0 Å². The third-order valence-electron chi connectivity index (χ3n) is 2.66. The number of nitrogens with zero attached hydrogens (tertiary/aromatic N) is 1. The summed E-state index contributed by atoms with van der Waals surface area (Å²) in [5.41, 5.74) is 1.61. The average molecular weight is 223 g/mol. The van der Waals surface area contributed by atoms with Crippen LogP contribution >= 0.6 is 0 Å². The molecular formula is C14H25NO. The average Bonchev–Trinajstić information content (AvgIpc) is 2.52. The van der Waals surface area contributed by atoms with E-state index in [1.54, 1.807) is 6.92 Å². The van der Waals surface area contributed by atoms with E-state index in [2.05, 4.69) is 31.8 Å². The fourth-order valence-corrected chi connectivity index (χ4v) is 0.834. The van der Waals surface area contributed by atoms with Crippen molar-refractivity contribution >= 4 is 12.0 Å². The lowest BCUT2D eigenvalue weighted by atomic mass is 9.87. The maximum Gasteiger partial charge on any atom is 0.135 e. The Labute approximate surface area is 99.9 Å². The summed E-state index contributed by atoms with van der Waals surface area (Å²) >= 11 is 0. The van der Waals surface area contributed by atoms with Gasteiger partial charge in [0.15, 0.2) is 0 Å². The van der Waals surface area contributed by atoms with Gasteiger partial charge in [0.2, 0.25) is 0 Å². The number of carbonyl (C=O) groups excluding carboxylic acids is 1. The zero-order valence-corrected chi connectivity index (χ0v) is 11.7. The summed E-state index contributed by atoms with van der Waals surface area (Å²) in [6.07, 6.45) is 4.00. The highest BCUT2D eigenvalue weighted by atomic mass is 16.1. The lowest BCUT2D eigenvalue weighted by Crippen LogP contribution is -2.15. The minimum absolute atomic E-state index is 0.139. The third-order valence-corrected chi connectivity index (χ3v) is 2.66. The Morgan fingerprint density at radius 1 is 1.19 bits per heavy atom. The Morgan fingerprint density at radius 2 is 1.62 bits per heavy atom. The van der Waals surface area contributed by atoms with E-state index in [-0.39, 0.29) is 11.2 Å². The molecule has 0 aromatic heterocycles. The van der Waals surface area contributed by atoms with Gasteiger partial charge in [0.05, 0.1) is 6.54 Å². The van der Waals surface area contributed by atoms with Crippen LogP contribution in [-0.4, -0.2) is 18.5 Å². The van der Waals surface area contributed by atoms with Gasteiger partial charge in [0, 0.05) is 11.6 Å². The van der Waals surface area contributed by atoms with Crippen LogP contribution in [0.1, 0.15) is 48.5 Å². The first-order valence-electron chi connectivity index (χ1n) is 5.75. The van der Waals surface area contributed by atoms with E-state index < -0.39 is 0 Å². The largest absolute Gasteiger partial charge is 0.299 e. The zero-order valence-electron chi connectivity index (χ0n) is 11.7. The molecule has 0 radical (unpaired) electrons. The van der Waals surface area contributed by atoms with E-state index in [0.29, 0.717) is 5.41 Å². The summed E-state index contributed by atoms with van der Waals surface area (Å²) in [7, 11) is 0. The molecule has 1 heterocycles. The van der Waals surface area contributed by atoms with E-state index in [9.17, 15) is 4.79 Å². The van der Waals surface area contributed by atoms with Crippen molar-refractivity contribution in [2.75, 3.05) is 6.54 Å². The normalized spacial score (nSPS) is 15.3. The molecule has 2 heteroatoms. The SMILES string of the molecule is CC(=O)C(C)(C)C.CC(C)(C)C1=CC=NC1. The predicted molar refractivity (Wildman–Crippen MR) is 71.0 cm³/mol. The number of rotatable bonds is 0. The first kappa shape index (κ1) is 15.1.